The van der Waals surface area contributed by atoms with Gasteiger partial charge in [0.25, 0.3) is 0 Å². The Morgan fingerprint density at radius 1 is 1.08 bits per heavy atom. The van der Waals surface area contributed by atoms with Crippen molar-refractivity contribution in [2.45, 2.75) is 11.4 Å². The molecule has 0 amide bonds. The highest BCUT2D eigenvalue weighted by atomic mass is 32.2. The molecular formula is C15H14N4O4S. The van der Waals surface area contributed by atoms with Gasteiger partial charge < -0.3 is 9.15 Å². The van der Waals surface area contributed by atoms with Crippen molar-refractivity contribution in [2.24, 2.45) is 0 Å². The van der Waals surface area contributed by atoms with E-state index in [0.717, 1.165) is 0 Å². The van der Waals surface area contributed by atoms with Gasteiger partial charge in [-0.3, -0.25) is 4.98 Å². The summed E-state index contributed by atoms with van der Waals surface area (Å²) in [4.78, 5) is 4.02. The van der Waals surface area contributed by atoms with Crippen LogP contribution in [0.3, 0.4) is 0 Å². The lowest BCUT2D eigenvalue weighted by molar-refractivity contribution is 0.414. The summed E-state index contributed by atoms with van der Waals surface area (Å²) in [6.07, 6.45) is 3.21. The summed E-state index contributed by atoms with van der Waals surface area (Å²) in [5.41, 5.74) is 0.710. The topological polar surface area (TPSA) is 107 Å². The second kappa shape index (κ2) is 6.77. The fourth-order valence-electron chi connectivity index (χ4n) is 1.93. The van der Waals surface area contributed by atoms with Gasteiger partial charge in [0.2, 0.25) is 21.8 Å². The SMILES string of the molecule is COc1ccc(S(=O)(=O)NCc2nnc(-c3ccncc3)o2)cc1. The zero-order chi connectivity index (χ0) is 17.0. The third kappa shape index (κ3) is 3.58. The molecule has 0 aliphatic carbocycles. The number of pyridine rings is 1. The molecule has 1 aromatic carbocycles. The van der Waals surface area contributed by atoms with Crippen LogP contribution in [-0.2, 0) is 16.6 Å². The van der Waals surface area contributed by atoms with Crippen molar-refractivity contribution in [1.82, 2.24) is 19.9 Å². The third-order valence-electron chi connectivity index (χ3n) is 3.18. The fourth-order valence-corrected chi connectivity index (χ4v) is 2.91. The lowest BCUT2D eigenvalue weighted by atomic mass is 10.3. The van der Waals surface area contributed by atoms with Crippen LogP contribution in [0, 0.1) is 0 Å². The minimum absolute atomic E-state index is 0.105. The summed E-state index contributed by atoms with van der Waals surface area (Å²) in [5, 5.41) is 7.72. The molecule has 1 N–H and O–H groups in total. The van der Waals surface area contributed by atoms with Crippen molar-refractivity contribution in [2.75, 3.05) is 7.11 Å². The molecule has 0 bridgehead atoms. The maximum atomic E-state index is 12.2. The van der Waals surface area contributed by atoms with Crippen LogP contribution in [0.4, 0.5) is 0 Å². The zero-order valence-corrected chi connectivity index (χ0v) is 13.5. The minimum Gasteiger partial charge on any atom is -0.497 e. The van der Waals surface area contributed by atoms with Crippen LogP contribution in [0.5, 0.6) is 5.75 Å². The Labute approximate surface area is 138 Å². The minimum atomic E-state index is -3.68. The first-order chi connectivity index (χ1) is 11.6. The van der Waals surface area contributed by atoms with E-state index >= 15 is 0 Å². The zero-order valence-electron chi connectivity index (χ0n) is 12.7. The normalized spacial score (nSPS) is 11.4. The van der Waals surface area contributed by atoms with Gasteiger partial charge in [-0.1, -0.05) is 0 Å². The molecule has 0 saturated carbocycles. The molecule has 124 valence electrons. The van der Waals surface area contributed by atoms with Gasteiger partial charge in [0.15, 0.2) is 0 Å². The van der Waals surface area contributed by atoms with Crippen molar-refractivity contribution < 1.29 is 17.6 Å². The van der Waals surface area contributed by atoms with E-state index in [9.17, 15) is 8.42 Å². The first kappa shape index (κ1) is 16.1. The van der Waals surface area contributed by atoms with E-state index in [0.29, 0.717) is 17.2 Å². The second-order valence-electron chi connectivity index (χ2n) is 4.74. The Balaban J connectivity index is 1.69. The first-order valence-electron chi connectivity index (χ1n) is 6.95. The number of sulfonamides is 1. The van der Waals surface area contributed by atoms with Gasteiger partial charge >= 0.3 is 0 Å². The second-order valence-corrected chi connectivity index (χ2v) is 6.50. The Hall–Kier alpha value is -2.78. The number of nitrogens with one attached hydrogen (secondary N) is 1. The molecule has 2 aromatic heterocycles. The van der Waals surface area contributed by atoms with Gasteiger partial charge in [0, 0.05) is 18.0 Å². The predicted molar refractivity (Wildman–Crippen MR) is 84.5 cm³/mol. The lowest BCUT2D eigenvalue weighted by Gasteiger charge is -2.05. The van der Waals surface area contributed by atoms with Crippen LogP contribution in [0.1, 0.15) is 5.89 Å². The van der Waals surface area contributed by atoms with Gasteiger partial charge in [-0.15, -0.1) is 10.2 Å². The average Bonchev–Trinajstić information content (AvgIpc) is 3.10. The molecule has 0 spiro atoms. The third-order valence-corrected chi connectivity index (χ3v) is 4.59. The van der Waals surface area contributed by atoms with Gasteiger partial charge in [-0.2, -0.15) is 0 Å². The quantitative estimate of drug-likeness (QED) is 0.722. The molecule has 9 heteroatoms. The molecule has 0 saturated heterocycles. The Bertz CT molecular complexity index is 908. The number of benzene rings is 1. The van der Waals surface area contributed by atoms with Crippen LogP contribution in [0.15, 0.2) is 58.1 Å². The number of nitrogens with zero attached hydrogens (tertiary/aromatic N) is 3. The Kier molecular flexibility index (Phi) is 4.54. The maximum absolute atomic E-state index is 12.2. The summed E-state index contributed by atoms with van der Waals surface area (Å²) >= 11 is 0. The van der Waals surface area contributed by atoms with Crippen molar-refractivity contribution in [3.63, 3.8) is 0 Å². The molecule has 24 heavy (non-hydrogen) atoms. The number of ether oxygens (including phenoxy) is 1. The standard InChI is InChI=1S/C15H14N4O4S/c1-22-12-2-4-13(5-3-12)24(20,21)17-10-14-18-19-15(23-14)11-6-8-16-9-7-11/h2-9,17H,10H2,1H3. The molecule has 0 fully saturated rings. The van der Waals surface area contributed by atoms with E-state index < -0.39 is 10.0 Å². The number of hydrogen-bond acceptors (Lipinski definition) is 7. The van der Waals surface area contributed by atoms with Crippen LogP contribution >= 0.6 is 0 Å². The highest BCUT2D eigenvalue weighted by Gasteiger charge is 2.16. The predicted octanol–water partition coefficient (Wildman–Crippen LogP) is 1.62. The summed E-state index contributed by atoms with van der Waals surface area (Å²) < 4.78 is 37.3. The highest BCUT2D eigenvalue weighted by Crippen LogP contribution is 2.18. The molecular weight excluding hydrogens is 332 g/mol. The molecule has 0 unspecified atom stereocenters. The van der Waals surface area contributed by atoms with E-state index in [1.54, 1.807) is 36.7 Å². The number of rotatable bonds is 6. The molecule has 8 nitrogen and oxygen atoms in total. The van der Waals surface area contributed by atoms with E-state index in [-0.39, 0.29) is 17.3 Å². The summed E-state index contributed by atoms with van der Waals surface area (Å²) in [6.45, 7) is -0.105. The van der Waals surface area contributed by atoms with Gasteiger partial charge in [0.1, 0.15) is 5.75 Å². The number of aromatic nitrogens is 3. The largest absolute Gasteiger partial charge is 0.497 e. The smallest absolute Gasteiger partial charge is 0.247 e. The molecule has 3 aromatic rings. The van der Waals surface area contributed by atoms with Crippen molar-refractivity contribution in [3.05, 3.63) is 54.7 Å². The number of methoxy groups -OCH3 is 1. The van der Waals surface area contributed by atoms with Gasteiger partial charge in [0.05, 0.1) is 18.6 Å². The van der Waals surface area contributed by atoms with Crippen LogP contribution in [0.2, 0.25) is 0 Å². The fraction of sp³-hybridized carbons (Fsp3) is 0.133. The Morgan fingerprint density at radius 3 is 2.46 bits per heavy atom. The van der Waals surface area contributed by atoms with E-state index in [1.165, 1.54) is 19.2 Å². The monoisotopic (exact) mass is 346 g/mol. The molecule has 2 heterocycles. The van der Waals surface area contributed by atoms with Crippen LogP contribution in [0.25, 0.3) is 11.5 Å². The number of hydrogen-bond donors (Lipinski definition) is 1. The first-order valence-corrected chi connectivity index (χ1v) is 8.43. The van der Waals surface area contributed by atoms with Crippen LogP contribution < -0.4 is 9.46 Å². The highest BCUT2D eigenvalue weighted by molar-refractivity contribution is 7.89. The molecule has 3 rings (SSSR count). The average molecular weight is 346 g/mol. The van der Waals surface area contributed by atoms with E-state index in [2.05, 4.69) is 19.9 Å². The van der Waals surface area contributed by atoms with Crippen LogP contribution in [-0.4, -0.2) is 30.7 Å². The summed E-state index contributed by atoms with van der Waals surface area (Å²) in [7, 11) is -2.17. The van der Waals surface area contributed by atoms with Crippen molar-refractivity contribution in [3.8, 4) is 17.2 Å². The molecule has 0 aliphatic heterocycles. The molecule has 0 aliphatic rings. The summed E-state index contributed by atoms with van der Waals surface area (Å²) in [6, 6.07) is 9.50. The van der Waals surface area contributed by atoms with Crippen molar-refractivity contribution >= 4 is 10.0 Å². The molecule has 0 radical (unpaired) electrons. The van der Waals surface area contributed by atoms with E-state index in [1.807, 2.05) is 0 Å². The summed E-state index contributed by atoms with van der Waals surface area (Å²) in [5.74, 6) is 1.04. The van der Waals surface area contributed by atoms with Gasteiger partial charge in [-0.05, 0) is 36.4 Å². The Morgan fingerprint density at radius 2 is 1.79 bits per heavy atom. The van der Waals surface area contributed by atoms with Gasteiger partial charge in [-0.25, -0.2) is 13.1 Å². The van der Waals surface area contributed by atoms with E-state index in [4.69, 9.17) is 9.15 Å². The maximum Gasteiger partial charge on any atom is 0.247 e. The van der Waals surface area contributed by atoms with Crippen molar-refractivity contribution in [1.29, 1.82) is 0 Å². The lowest BCUT2D eigenvalue weighted by Crippen LogP contribution is -2.23. The molecule has 0 atom stereocenters.